The van der Waals surface area contributed by atoms with Crippen molar-refractivity contribution in [1.82, 2.24) is 14.8 Å². The summed E-state index contributed by atoms with van der Waals surface area (Å²) in [5.41, 5.74) is 1.45. The lowest BCUT2D eigenvalue weighted by molar-refractivity contribution is -0.0136. The summed E-state index contributed by atoms with van der Waals surface area (Å²) in [5, 5.41) is 0. The van der Waals surface area contributed by atoms with Crippen LogP contribution in [0.25, 0.3) is 0 Å². The summed E-state index contributed by atoms with van der Waals surface area (Å²) < 4.78 is 32.4. The van der Waals surface area contributed by atoms with Crippen LogP contribution < -0.4 is 0 Å². The third kappa shape index (κ3) is 3.21. The number of hydrogen-bond acceptors (Lipinski definition) is 4. The van der Waals surface area contributed by atoms with Gasteiger partial charge in [-0.05, 0) is 18.6 Å². The third-order valence-electron chi connectivity index (χ3n) is 4.66. The van der Waals surface area contributed by atoms with Gasteiger partial charge in [0.1, 0.15) is 0 Å². The molecule has 23 heavy (non-hydrogen) atoms. The number of pyridine rings is 1. The lowest BCUT2D eigenvalue weighted by atomic mass is 10.0. The Kier molecular flexibility index (Phi) is 4.33. The van der Waals surface area contributed by atoms with Gasteiger partial charge in [0.25, 0.3) is 11.8 Å². The van der Waals surface area contributed by atoms with Crippen LogP contribution >= 0.6 is 0 Å². The summed E-state index contributed by atoms with van der Waals surface area (Å²) in [4.78, 5) is 19.9. The van der Waals surface area contributed by atoms with Gasteiger partial charge in [0, 0.05) is 51.1 Å². The predicted octanol–water partition coefficient (Wildman–Crippen LogP) is 1.57. The highest BCUT2D eigenvalue weighted by molar-refractivity contribution is 5.95. The Morgan fingerprint density at radius 2 is 2.22 bits per heavy atom. The molecule has 0 aromatic carbocycles. The van der Waals surface area contributed by atoms with Gasteiger partial charge in [0.15, 0.2) is 0 Å². The van der Waals surface area contributed by atoms with Gasteiger partial charge < -0.3 is 9.64 Å². The number of carbonyl (C=O) groups excluding carboxylic acids is 1. The van der Waals surface area contributed by atoms with Gasteiger partial charge in [-0.15, -0.1) is 0 Å². The van der Waals surface area contributed by atoms with Crippen LogP contribution in [0.4, 0.5) is 8.78 Å². The molecule has 2 aliphatic rings. The standard InChI is InChI=1S/C16H21F2N3O2/c1-11-3-4-19-6-14(11)15(22)20-7-13(8-20)21-10-16(17,18)5-12(21)9-23-2/h3-4,6,12-13H,5,7-10H2,1-2H3/t12-/m0/s1. The third-order valence-corrected chi connectivity index (χ3v) is 4.66. The number of carbonyl (C=O) groups is 1. The zero-order valence-electron chi connectivity index (χ0n) is 13.3. The number of methoxy groups -OCH3 is 1. The molecule has 0 saturated carbocycles. The predicted molar refractivity (Wildman–Crippen MR) is 80.6 cm³/mol. The molecular formula is C16H21F2N3O2. The van der Waals surface area contributed by atoms with Gasteiger partial charge in [0.05, 0.1) is 18.7 Å². The fraction of sp³-hybridized carbons (Fsp3) is 0.625. The normalized spacial score (nSPS) is 24.7. The molecule has 3 rings (SSSR count). The molecule has 1 aromatic rings. The molecule has 1 aromatic heterocycles. The topological polar surface area (TPSA) is 45.7 Å². The van der Waals surface area contributed by atoms with E-state index in [1.807, 2.05) is 6.92 Å². The summed E-state index contributed by atoms with van der Waals surface area (Å²) in [6.07, 6.45) is 3.03. The molecule has 2 aliphatic heterocycles. The minimum absolute atomic E-state index is 0.0237. The minimum Gasteiger partial charge on any atom is -0.383 e. The van der Waals surface area contributed by atoms with Crippen LogP contribution in [0.1, 0.15) is 22.3 Å². The van der Waals surface area contributed by atoms with Crippen LogP contribution in [0.2, 0.25) is 0 Å². The zero-order chi connectivity index (χ0) is 16.6. The van der Waals surface area contributed by atoms with Gasteiger partial charge >= 0.3 is 0 Å². The zero-order valence-corrected chi connectivity index (χ0v) is 13.3. The quantitative estimate of drug-likeness (QED) is 0.843. The number of hydrogen-bond donors (Lipinski definition) is 0. The van der Waals surface area contributed by atoms with Crippen molar-refractivity contribution in [2.45, 2.75) is 31.4 Å². The van der Waals surface area contributed by atoms with E-state index in [2.05, 4.69) is 4.98 Å². The number of rotatable bonds is 4. The van der Waals surface area contributed by atoms with Gasteiger partial charge in [-0.1, -0.05) is 0 Å². The second-order valence-electron chi connectivity index (χ2n) is 6.40. The molecule has 2 fully saturated rings. The Morgan fingerprint density at radius 3 is 2.87 bits per heavy atom. The highest BCUT2D eigenvalue weighted by atomic mass is 19.3. The average Bonchev–Trinajstić information content (AvgIpc) is 2.73. The number of amides is 1. The fourth-order valence-electron chi connectivity index (χ4n) is 3.39. The average molecular weight is 325 g/mol. The number of ether oxygens (including phenoxy) is 1. The number of halogens is 2. The number of likely N-dealkylation sites (tertiary alicyclic amines) is 2. The van der Waals surface area contributed by atoms with E-state index in [-0.39, 0.29) is 31.0 Å². The second kappa shape index (κ2) is 6.13. The first-order chi connectivity index (χ1) is 10.9. The van der Waals surface area contributed by atoms with Crippen LogP contribution in [0.3, 0.4) is 0 Å². The smallest absolute Gasteiger partial charge is 0.262 e. The first kappa shape index (κ1) is 16.3. The van der Waals surface area contributed by atoms with E-state index in [4.69, 9.17) is 4.74 Å². The Hall–Kier alpha value is -1.60. The Balaban J connectivity index is 1.62. The highest BCUT2D eigenvalue weighted by Gasteiger charge is 2.50. The molecule has 0 bridgehead atoms. The molecule has 7 heteroatoms. The number of nitrogens with zero attached hydrogens (tertiary/aromatic N) is 3. The summed E-state index contributed by atoms with van der Waals surface area (Å²) >= 11 is 0. The lowest BCUT2D eigenvalue weighted by Crippen LogP contribution is -2.62. The van der Waals surface area contributed by atoms with E-state index in [0.717, 1.165) is 5.56 Å². The van der Waals surface area contributed by atoms with Crippen molar-refractivity contribution in [2.75, 3.05) is 33.4 Å². The fourth-order valence-corrected chi connectivity index (χ4v) is 3.39. The molecule has 1 amide bonds. The molecule has 0 radical (unpaired) electrons. The molecule has 0 spiro atoms. The van der Waals surface area contributed by atoms with Gasteiger partial charge in [0.2, 0.25) is 0 Å². The maximum absolute atomic E-state index is 13.7. The van der Waals surface area contributed by atoms with Gasteiger partial charge in [-0.25, -0.2) is 8.78 Å². The maximum Gasteiger partial charge on any atom is 0.262 e. The molecular weight excluding hydrogens is 304 g/mol. The molecule has 2 saturated heterocycles. The summed E-state index contributed by atoms with van der Waals surface area (Å²) in [7, 11) is 1.52. The Labute approximate surface area is 134 Å². The summed E-state index contributed by atoms with van der Waals surface area (Å²) in [6.45, 7) is 2.86. The summed E-state index contributed by atoms with van der Waals surface area (Å²) in [5.74, 6) is -2.76. The van der Waals surface area contributed by atoms with Crippen LogP contribution in [0.15, 0.2) is 18.5 Å². The van der Waals surface area contributed by atoms with E-state index in [0.29, 0.717) is 25.3 Å². The van der Waals surface area contributed by atoms with E-state index >= 15 is 0 Å². The number of alkyl halides is 2. The van der Waals surface area contributed by atoms with Crippen LogP contribution in [-0.4, -0.2) is 72.0 Å². The van der Waals surface area contributed by atoms with E-state index in [9.17, 15) is 13.6 Å². The largest absolute Gasteiger partial charge is 0.383 e. The first-order valence-electron chi connectivity index (χ1n) is 7.73. The van der Waals surface area contributed by atoms with Crippen molar-refractivity contribution in [1.29, 1.82) is 0 Å². The van der Waals surface area contributed by atoms with Crippen molar-refractivity contribution < 1.29 is 18.3 Å². The van der Waals surface area contributed by atoms with Gasteiger partial charge in [-0.2, -0.15) is 0 Å². The van der Waals surface area contributed by atoms with Crippen LogP contribution in [0.5, 0.6) is 0 Å². The molecule has 0 N–H and O–H groups in total. The molecule has 0 unspecified atom stereocenters. The number of aromatic nitrogens is 1. The van der Waals surface area contributed by atoms with E-state index < -0.39 is 5.92 Å². The number of aryl methyl sites for hydroxylation is 1. The van der Waals surface area contributed by atoms with E-state index in [1.54, 1.807) is 28.3 Å². The van der Waals surface area contributed by atoms with Crippen molar-refractivity contribution in [3.8, 4) is 0 Å². The van der Waals surface area contributed by atoms with E-state index in [1.165, 1.54) is 7.11 Å². The van der Waals surface area contributed by atoms with Crippen molar-refractivity contribution in [3.63, 3.8) is 0 Å². The lowest BCUT2D eigenvalue weighted by Gasteiger charge is -2.45. The maximum atomic E-state index is 13.7. The van der Waals surface area contributed by atoms with Crippen molar-refractivity contribution in [3.05, 3.63) is 29.6 Å². The monoisotopic (exact) mass is 325 g/mol. The van der Waals surface area contributed by atoms with Crippen LogP contribution in [0, 0.1) is 6.92 Å². The molecule has 126 valence electrons. The molecule has 3 heterocycles. The molecule has 1 atom stereocenters. The molecule has 0 aliphatic carbocycles. The summed E-state index contributed by atoms with van der Waals surface area (Å²) in [6, 6.07) is 1.49. The Bertz CT molecular complexity index is 590. The van der Waals surface area contributed by atoms with Gasteiger partial charge in [-0.3, -0.25) is 14.7 Å². The second-order valence-corrected chi connectivity index (χ2v) is 6.40. The molecule has 5 nitrogen and oxygen atoms in total. The van der Waals surface area contributed by atoms with Crippen molar-refractivity contribution in [2.24, 2.45) is 0 Å². The first-order valence-corrected chi connectivity index (χ1v) is 7.73. The minimum atomic E-state index is -2.67. The van der Waals surface area contributed by atoms with Crippen LogP contribution in [-0.2, 0) is 4.74 Å². The highest BCUT2D eigenvalue weighted by Crippen LogP contribution is 2.35. The van der Waals surface area contributed by atoms with Crippen molar-refractivity contribution >= 4 is 5.91 Å². The SMILES string of the molecule is COC[C@@H]1CC(F)(F)CN1C1CN(C(=O)c2cnccc2C)C1. The Morgan fingerprint density at radius 1 is 1.48 bits per heavy atom.